The number of aliphatic carboxylic acids is 1. The number of nitrogens with zero attached hydrogens (tertiary/aromatic N) is 2. The molecule has 1 heterocycles. The van der Waals surface area contributed by atoms with E-state index in [1.54, 1.807) is 18.9 Å². The fourth-order valence-corrected chi connectivity index (χ4v) is 2.03. The number of fused-ring (bicyclic) bond motifs is 1. The number of halogens is 1. The first kappa shape index (κ1) is 13.0. The summed E-state index contributed by atoms with van der Waals surface area (Å²) >= 11 is 3.40. The maximum atomic E-state index is 10.9. The number of rotatable bonds is 4. The molecule has 2 aromatic rings. The largest absolute Gasteiger partial charge is 0.480 e. The molecule has 0 aliphatic carbocycles. The zero-order valence-electron chi connectivity index (χ0n) is 10.1. The Kier molecular flexibility index (Phi) is 3.68. The van der Waals surface area contributed by atoms with Gasteiger partial charge in [-0.05, 0) is 32.2 Å². The number of hydrogen-bond donors (Lipinski definition) is 2. The smallest absolute Gasteiger partial charge is 0.320 e. The van der Waals surface area contributed by atoms with Gasteiger partial charge in [-0.25, -0.2) is 4.98 Å². The van der Waals surface area contributed by atoms with E-state index >= 15 is 0 Å². The van der Waals surface area contributed by atoms with Crippen LogP contribution >= 0.6 is 15.9 Å². The predicted molar refractivity (Wildman–Crippen MR) is 72.4 cm³/mol. The van der Waals surface area contributed by atoms with Crippen LogP contribution in [0.15, 0.2) is 22.7 Å². The molecule has 5 nitrogen and oxygen atoms in total. The zero-order chi connectivity index (χ0) is 13.3. The van der Waals surface area contributed by atoms with Crippen LogP contribution in [-0.4, -0.2) is 39.0 Å². The van der Waals surface area contributed by atoms with Crippen LogP contribution in [0.4, 0.5) is 0 Å². The molecule has 0 bridgehead atoms. The highest BCUT2D eigenvalue weighted by atomic mass is 79.9. The first-order valence-corrected chi connectivity index (χ1v) is 6.34. The molecule has 0 radical (unpaired) electrons. The minimum Gasteiger partial charge on any atom is -0.480 e. The third kappa shape index (κ3) is 2.70. The summed E-state index contributed by atoms with van der Waals surface area (Å²) in [5.41, 5.74) is 1.82. The van der Waals surface area contributed by atoms with Crippen molar-refractivity contribution in [3.63, 3.8) is 0 Å². The Balaban J connectivity index is 2.19. The van der Waals surface area contributed by atoms with E-state index < -0.39 is 12.0 Å². The Bertz CT molecular complexity index is 582. The lowest BCUT2D eigenvalue weighted by molar-refractivity contribution is -0.142. The van der Waals surface area contributed by atoms with Gasteiger partial charge in [-0.1, -0.05) is 15.9 Å². The molecule has 6 heteroatoms. The number of imidazole rings is 1. The molecule has 0 aliphatic rings. The molecule has 0 unspecified atom stereocenters. The highest BCUT2D eigenvalue weighted by Gasteiger charge is 2.17. The average molecular weight is 312 g/mol. The van der Waals surface area contributed by atoms with E-state index in [0.717, 1.165) is 21.3 Å². The zero-order valence-corrected chi connectivity index (χ0v) is 11.7. The molecule has 0 fully saturated rings. The molecule has 0 spiro atoms. The van der Waals surface area contributed by atoms with Crippen molar-refractivity contribution in [2.24, 2.45) is 0 Å². The number of likely N-dealkylation sites (N-methyl/N-ethyl adjacent to an activating group) is 1. The molecule has 0 amide bonds. The first-order chi connectivity index (χ1) is 8.47. The summed E-state index contributed by atoms with van der Waals surface area (Å²) in [6.45, 7) is 2.13. The van der Waals surface area contributed by atoms with E-state index in [-0.39, 0.29) is 0 Å². The molecule has 0 saturated heterocycles. The van der Waals surface area contributed by atoms with Crippen molar-refractivity contribution in [1.82, 2.24) is 14.9 Å². The van der Waals surface area contributed by atoms with Gasteiger partial charge in [-0.3, -0.25) is 9.69 Å². The van der Waals surface area contributed by atoms with Crippen molar-refractivity contribution in [3.8, 4) is 0 Å². The van der Waals surface area contributed by atoms with Crippen molar-refractivity contribution in [2.45, 2.75) is 19.5 Å². The number of nitrogens with one attached hydrogen (secondary N) is 1. The van der Waals surface area contributed by atoms with E-state index in [1.807, 2.05) is 18.2 Å². The van der Waals surface area contributed by atoms with E-state index in [4.69, 9.17) is 5.11 Å². The third-order valence-electron chi connectivity index (χ3n) is 2.91. The van der Waals surface area contributed by atoms with Gasteiger partial charge in [-0.15, -0.1) is 0 Å². The average Bonchev–Trinajstić information content (AvgIpc) is 2.68. The Hall–Kier alpha value is -1.40. The number of H-pyrrole nitrogens is 1. The number of aromatic nitrogens is 2. The fraction of sp³-hybridized carbons (Fsp3) is 0.333. The first-order valence-electron chi connectivity index (χ1n) is 5.54. The molecule has 18 heavy (non-hydrogen) atoms. The van der Waals surface area contributed by atoms with E-state index in [9.17, 15) is 4.79 Å². The summed E-state index contributed by atoms with van der Waals surface area (Å²) in [4.78, 5) is 20.2. The summed E-state index contributed by atoms with van der Waals surface area (Å²) in [6, 6.07) is 5.26. The molecule has 1 aromatic heterocycles. The van der Waals surface area contributed by atoms with Crippen molar-refractivity contribution >= 4 is 32.9 Å². The Labute approximate surface area is 113 Å². The molecule has 0 aliphatic heterocycles. The molecule has 2 rings (SSSR count). The second-order valence-corrected chi connectivity index (χ2v) is 5.19. The Morgan fingerprint density at radius 3 is 3.00 bits per heavy atom. The monoisotopic (exact) mass is 311 g/mol. The predicted octanol–water partition coefficient (Wildman–Crippen LogP) is 2.23. The fourth-order valence-electron chi connectivity index (χ4n) is 1.67. The molecule has 2 N–H and O–H groups in total. The van der Waals surface area contributed by atoms with Gasteiger partial charge in [0.15, 0.2) is 0 Å². The van der Waals surface area contributed by atoms with Crippen LogP contribution in [0.3, 0.4) is 0 Å². The van der Waals surface area contributed by atoms with Crippen LogP contribution in [0.5, 0.6) is 0 Å². The maximum Gasteiger partial charge on any atom is 0.320 e. The molecule has 96 valence electrons. The standard InChI is InChI=1S/C12H14BrN3O2/c1-7(12(17)18)16(2)6-11-14-9-4-3-8(13)5-10(9)15-11/h3-5,7H,6H2,1-2H3,(H,14,15)(H,17,18)/t7-/m0/s1. The lowest BCUT2D eigenvalue weighted by Crippen LogP contribution is -2.35. The van der Waals surface area contributed by atoms with Crippen molar-refractivity contribution in [1.29, 1.82) is 0 Å². The van der Waals surface area contributed by atoms with Crippen LogP contribution in [-0.2, 0) is 11.3 Å². The molecule has 1 aromatic carbocycles. The molecular weight excluding hydrogens is 298 g/mol. The molecule has 0 saturated carbocycles. The van der Waals surface area contributed by atoms with Crippen LogP contribution in [0.25, 0.3) is 11.0 Å². The van der Waals surface area contributed by atoms with Crippen LogP contribution in [0.2, 0.25) is 0 Å². The highest BCUT2D eigenvalue weighted by molar-refractivity contribution is 9.10. The van der Waals surface area contributed by atoms with Crippen molar-refractivity contribution in [3.05, 3.63) is 28.5 Å². The van der Waals surface area contributed by atoms with E-state index in [2.05, 4.69) is 25.9 Å². The van der Waals surface area contributed by atoms with Gasteiger partial charge in [0.1, 0.15) is 11.9 Å². The Morgan fingerprint density at radius 2 is 2.33 bits per heavy atom. The lowest BCUT2D eigenvalue weighted by atomic mass is 10.3. The SMILES string of the molecule is C[C@@H](C(=O)O)N(C)Cc1nc2ccc(Br)cc2[nH]1. The van der Waals surface area contributed by atoms with Gasteiger partial charge in [0.25, 0.3) is 0 Å². The lowest BCUT2D eigenvalue weighted by Gasteiger charge is -2.19. The number of carboxylic acids is 1. The van der Waals surface area contributed by atoms with Gasteiger partial charge < -0.3 is 10.1 Å². The van der Waals surface area contributed by atoms with E-state index in [0.29, 0.717) is 6.54 Å². The quantitative estimate of drug-likeness (QED) is 0.908. The Morgan fingerprint density at radius 1 is 1.61 bits per heavy atom. The minimum atomic E-state index is -0.837. The van der Waals surface area contributed by atoms with Gasteiger partial charge in [-0.2, -0.15) is 0 Å². The normalized spacial score (nSPS) is 13.1. The second kappa shape index (κ2) is 5.07. The molecular formula is C12H14BrN3O2. The van der Waals surface area contributed by atoms with Gasteiger partial charge in [0, 0.05) is 4.47 Å². The third-order valence-corrected chi connectivity index (χ3v) is 3.40. The number of carboxylic acid groups (broad SMARTS) is 1. The topological polar surface area (TPSA) is 69.2 Å². The number of aromatic amines is 1. The minimum absolute atomic E-state index is 0.472. The summed E-state index contributed by atoms with van der Waals surface area (Å²) in [5.74, 6) is -0.0740. The molecule has 1 atom stereocenters. The number of hydrogen-bond acceptors (Lipinski definition) is 3. The maximum absolute atomic E-state index is 10.9. The number of benzene rings is 1. The van der Waals surface area contributed by atoms with Gasteiger partial charge in [0.05, 0.1) is 17.6 Å². The highest BCUT2D eigenvalue weighted by Crippen LogP contribution is 2.18. The second-order valence-electron chi connectivity index (χ2n) is 4.27. The summed E-state index contributed by atoms with van der Waals surface area (Å²) in [7, 11) is 1.77. The summed E-state index contributed by atoms with van der Waals surface area (Å²) in [5, 5.41) is 8.93. The van der Waals surface area contributed by atoms with Crippen LogP contribution < -0.4 is 0 Å². The van der Waals surface area contributed by atoms with Crippen molar-refractivity contribution in [2.75, 3.05) is 7.05 Å². The summed E-state index contributed by atoms with van der Waals surface area (Å²) < 4.78 is 0.984. The number of carbonyl (C=O) groups is 1. The van der Waals surface area contributed by atoms with Crippen LogP contribution in [0.1, 0.15) is 12.7 Å². The van der Waals surface area contributed by atoms with Gasteiger partial charge >= 0.3 is 5.97 Å². The van der Waals surface area contributed by atoms with E-state index in [1.165, 1.54) is 0 Å². The van der Waals surface area contributed by atoms with Gasteiger partial charge in [0.2, 0.25) is 0 Å². The van der Waals surface area contributed by atoms with Crippen molar-refractivity contribution < 1.29 is 9.90 Å². The summed E-state index contributed by atoms with van der Waals surface area (Å²) in [6.07, 6.45) is 0. The van der Waals surface area contributed by atoms with Crippen LogP contribution in [0, 0.1) is 0 Å².